The van der Waals surface area contributed by atoms with E-state index in [0.29, 0.717) is 0 Å². The Morgan fingerprint density at radius 1 is 0.933 bits per heavy atom. The van der Waals surface area contributed by atoms with Gasteiger partial charge >= 0.3 is 0 Å². The summed E-state index contributed by atoms with van der Waals surface area (Å²) in [6.45, 7) is 16.4. The third-order valence-corrected chi connectivity index (χ3v) is 5.68. The fourth-order valence-electron chi connectivity index (χ4n) is 2.18. The third kappa shape index (κ3) is 6.33. The van der Waals surface area contributed by atoms with Crippen molar-refractivity contribution in [3.63, 3.8) is 0 Å². The SMILES string of the molecule is CCN(CC)[SiH2]CCC(C)N(CC)CC. The molecule has 0 aliphatic rings. The predicted octanol–water partition coefficient (Wildman–Crippen LogP) is 1.95. The first-order valence-corrected chi connectivity index (χ1v) is 8.29. The second-order valence-electron chi connectivity index (χ2n) is 4.24. The Balaban J connectivity index is 3.65. The van der Waals surface area contributed by atoms with Crippen LogP contribution in [0.3, 0.4) is 0 Å². The van der Waals surface area contributed by atoms with Gasteiger partial charge in [0.25, 0.3) is 0 Å². The number of hydrogen-bond acceptors (Lipinski definition) is 2. The average molecular weight is 230 g/mol. The van der Waals surface area contributed by atoms with Gasteiger partial charge in [0.2, 0.25) is 0 Å². The second kappa shape index (κ2) is 9.37. The van der Waals surface area contributed by atoms with Gasteiger partial charge in [-0.25, -0.2) is 0 Å². The predicted molar refractivity (Wildman–Crippen MR) is 73.3 cm³/mol. The minimum atomic E-state index is 0.0418. The maximum absolute atomic E-state index is 2.65. The highest BCUT2D eigenvalue weighted by Crippen LogP contribution is 2.06. The molecule has 0 fully saturated rings. The largest absolute Gasteiger partial charge is 0.330 e. The van der Waals surface area contributed by atoms with Gasteiger partial charge in [0.05, 0.1) is 9.68 Å². The Labute approximate surface area is 98.9 Å². The highest BCUT2D eigenvalue weighted by Gasteiger charge is 2.10. The van der Waals surface area contributed by atoms with Gasteiger partial charge in [-0.15, -0.1) is 0 Å². The summed E-state index contributed by atoms with van der Waals surface area (Å²) in [5, 5.41) is 0. The van der Waals surface area contributed by atoms with Crippen molar-refractivity contribution in [3.8, 4) is 0 Å². The van der Waals surface area contributed by atoms with Crippen molar-refractivity contribution in [2.75, 3.05) is 26.2 Å². The summed E-state index contributed by atoms with van der Waals surface area (Å²) in [6.07, 6.45) is 1.39. The molecule has 0 aliphatic heterocycles. The normalized spacial score (nSPS) is 14.6. The first-order valence-electron chi connectivity index (χ1n) is 6.65. The lowest BCUT2D eigenvalue weighted by Gasteiger charge is -2.27. The molecular weight excluding hydrogens is 200 g/mol. The molecule has 0 spiro atoms. The van der Waals surface area contributed by atoms with Crippen molar-refractivity contribution in [1.29, 1.82) is 0 Å². The molecule has 0 rings (SSSR count). The lowest BCUT2D eigenvalue weighted by atomic mass is 10.2. The molecule has 0 N–H and O–H groups in total. The van der Waals surface area contributed by atoms with Crippen LogP contribution in [0.25, 0.3) is 0 Å². The Hall–Kier alpha value is 0.137. The summed E-state index contributed by atoms with van der Waals surface area (Å²) < 4.78 is 2.65. The van der Waals surface area contributed by atoms with Crippen LogP contribution in [-0.4, -0.2) is 51.4 Å². The quantitative estimate of drug-likeness (QED) is 0.559. The molecule has 92 valence electrons. The van der Waals surface area contributed by atoms with Gasteiger partial charge in [-0.3, -0.25) is 0 Å². The molecule has 0 heterocycles. The first-order chi connectivity index (χ1) is 7.19. The Morgan fingerprint density at radius 2 is 1.47 bits per heavy atom. The van der Waals surface area contributed by atoms with Crippen molar-refractivity contribution in [3.05, 3.63) is 0 Å². The highest BCUT2D eigenvalue weighted by molar-refractivity contribution is 6.31. The fraction of sp³-hybridized carbons (Fsp3) is 1.00. The molecule has 1 atom stereocenters. The number of hydrogen-bond donors (Lipinski definition) is 0. The van der Waals surface area contributed by atoms with Crippen LogP contribution in [-0.2, 0) is 0 Å². The lowest BCUT2D eigenvalue weighted by Crippen LogP contribution is -2.34. The van der Waals surface area contributed by atoms with E-state index in [0.717, 1.165) is 6.04 Å². The lowest BCUT2D eigenvalue weighted by molar-refractivity contribution is 0.225. The van der Waals surface area contributed by atoms with E-state index in [1.165, 1.54) is 38.6 Å². The summed E-state index contributed by atoms with van der Waals surface area (Å²) in [7, 11) is 0.0418. The van der Waals surface area contributed by atoms with Gasteiger partial charge in [-0.2, -0.15) is 0 Å². The van der Waals surface area contributed by atoms with E-state index in [9.17, 15) is 0 Å². The van der Waals surface area contributed by atoms with Crippen molar-refractivity contribution in [2.45, 2.75) is 53.1 Å². The standard InChI is InChI=1S/C12H30N2Si/c1-6-13(7-2)12(5)10-11-15-14(8-3)9-4/h12H,6-11,15H2,1-5H3. The minimum Gasteiger partial charge on any atom is -0.330 e. The molecule has 0 radical (unpaired) electrons. The zero-order valence-electron chi connectivity index (χ0n) is 11.4. The van der Waals surface area contributed by atoms with Gasteiger partial charge in [-0.1, -0.05) is 27.7 Å². The maximum atomic E-state index is 2.65. The Kier molecular flexibility index (Phi) is 9.45. The summed E-state index contributed by atoms with van der Waals surface area (Å²) in [5.74, 6) is 0. The monoisotopic (exact) mass is 230 g/mol. The molecule has 0 aliphatic carbocycles. The van der Waals surface area contributed by atoms with Crippen molar-refractivity contribution in [1.82, 2.24) is 9.47 Å². The van der Waals surface area contributed by atoms with Crippen LogP contribution >= 0.6 is 0 Å². The van der Waals surface area contributed by atoms with Crippen molar-refractivity contribution in [2.24, 2.45) is 0 Å². The topological polar surface area (TPSA) is 6.48 Å². The van der Waals surface area contributed by atoms with Crippen LogP contribution in [0.5, 0.6) is 0 Å². The van der Waals surface area contributed by atoms with Crippen LogP contribution in [0.4, 0.5) is 0 Å². The van der Waals surface area contributed by atoms with E-state index < -0.39 is 0 Å². The van der Waals surface area contributed by atoms with Crippen molar-refractivity contribution < 1.29 is 0 Å². The Bertz CT molecular complexity index is 134. The summed E-state index contributed by atoms with van der Waals surface area (Å²) in [5.41, 5.74) is 0. The van der Waals surface area contributed by atoms with Gasteiger partial charge in [0.15, 0.2) is 0 Å². The van der Waals surface area contributed by atoms with Crippen molar-refractivity contribution >= 4 is 9.68 Å². The maximum Gasteiger partial charge on any atom is 0.0950 e. The smallest absolute Gasteiger partial charge is 0.0950 e. The molecule has 0 amide bonds. The molecular formula is C12H30N2Si. The van der Waals surface area contributed by atoms with Gasteiger partial charge in [0.1, 0.15) is 0 Å². The molecule has 2 nitrogen and oxygen atoms in total. The molecule has 0 aromatic carbocycles. The Morgan fingerprint density at radius 3 is 1.87 bits per heavy atom. The van der Waals surface area contributed by atoms with E-state index in [4.69, 9.17) is 0 Å². The summed E-state index contributed by atoms with van der Waals surface area (Å²) in [6, 6.07) is 2.25. The molecule has 0 saturated heterocycles. The van der Waals surface area contributed by atoms with E-state index in [-0.39, 0.29) is 9.68 Å². The molecule has 0 bridgehead atoms. The number of rotatable bonds is 9. The van der Waals surface area contributed by atoms with E-state index in [2.05, 4.69) is 44.1 Å². The molecule has 0 aromatic heterocycles. The third-order valence-electron chi connectivity index (χ3n) is 3.43. The molecule has 0 aromatic rings. The molecule has 15 heavy (non-hydrogen) atoms. The van der Waals surface area contributed by atoms with Gasteiger partial charge < -0.3 is 9.47 Å². The molecule has 3 heteroatoms. The van der Waals surface area contributed by atoms with Crippen LogP contribution in [0, 0.1) is 0 Å². The van der Waals surface area contributed by atoms with E-state index in [1.54, 1.807) is 0 Å². The average Bonchev–Trinajstić information content (AvgIpc) is 2.26. The van der Waals surface area contributed by atoms with Crippen LogP contribution in [0.1, 0.15) is 41.0 Å². The summed E-state index contributed by atoms with van der Waals surface area (Å²) in [4.78, 5) is 2.57. The second-order valence-corrected chi connectivity index (χ2v) is 6.29. The van der Waals surface area contributed by atoms with E-state index in [1.807, 2.05) is 0 Å². The minimum absolute atomic E-state index is 0.0418. The fourth-order valence-corrected chi connectivity index (χ4v) is 4.03. The first kappa shape index (κ1) is 15.1. The van der Waals surface area contributed by atoms with Gasteiger partial charge in [-0.05, 0) is 45.6 Å². The number of nitrogens with zero attached hydrogens (tertiary/aromatic N) is 2. The van der Waals surface area contributed by atoms with Gasteiger partial charge in [0, 0.05) is 6.04 Å². The highest BCUT2D eigenvalue weighted by atomic mass is 28.2. The van der Waals surface area contributed by atoms with Crippen LogP contribution < -0.4 is 0 Å². The zero-order chi connectivity index (χ0) is 11.7. The summed E-state index contributed by atoms with van der Waals surface area (Å²) >= 11 is 0. The molecule has 1 unspecified atom stereocenters. The zero-order valence-corrected chi connectivity index (χ0v) is 12.8. The van der Waals surface area contributed by atoms with E-state index >= 15 is 0 Å². The van der Waals surface area contributed by atoms with Crippen LogP contribution in [0.2, 0.25) is 6.04 Å². The molecule has 0 saturated carbocycles. The van der Waals surface area contributed by atoms with Crippen LogP contribution in [0.15, 0.2) is 0 Å².